The van der Waals surface area contributed by atoms with Gasteiger partial charge in [0.15, 0.2) is 5.78 Å². The molecule has 2 nitrogen and oxygen atoms in total. The highest BCUT2D eigenvalue weighted by atomic mass is 35.5. The summed E-state index contributed by atoms with van der Waals surface area (Å²) >= 11 is 12.5. The minimum absolute atomic E-state index is 0.0118. The highest BCUT2D eigenvalue weighted by molar-refractivity contribution is 6.37. The predicted molar refractivity (Wildman–Crippen MR) is 87.7 cm³/mol. The highest BCUT2D eigenvalue weighted by Crippen LogP contribution is 2.43. The third-order valence-corrected chi connectivity index (χ3v) is 5.02. The van der Waals surface area contributed by atoms with Crippen molar-refractivity contribution in [1.29, 1.82) is 0 Å². The number of carbonyl (C=O) groups is 1. The molecule has 0 aromatic heterocycles. The van der Waals surface area contributed by atoms with Gasteiger partial charge in [-0.15, -0.1) is 0 Å². The molecule has 1 aliphatic carbocycles. The number of rotatable bonds is 4. The van der Waals surface area contributed by atoms with Crippen LogP contribution in [0.2, 0.25) is 10.0 Å². The number of Topliss-reactive ketones (excluding diaryl/α,β-unsaturated/α-hetero) is 1. The predicted octanol–water partition coefficient (Wildman–Crippen LogP) is 5.79. The van der Waals surface area contributed by atoms with Gasteiger partial charge in [0.2, 0.25) is 0 Å². The summed E-state index contributed by atoms with van der Waals surface area (Å²) in [5.74, 6) is 0.649. The summed E-state index contributed by atoms with van der Waals surface area (Å²) in [5, 5.41) is 0.868. The van der Waals surface area contributed by atoms with E-state index in [-0.39, 0.29) is 17.1 Å². The number of hydrogen-bond donors (Lipinski definition) is 0. The molecule has 1 aromatic rings. The quantitative estimate of drug-likeness (QED) is 0.653. The number of hydrogen-bond acceptors (Lipinski definition) is 2. The van der Waals surface area contributed by atoms with Crippen LogP contribution in [0.1, 0.15) is 56.8 Å². The lowest BCUT2D eigenvalue weighted by Gasteiger charge is -2.37. The maximum absolute atomic E-state index is 12.9. The SMILES string of the molecule is CCOc1cc(Cl)c(C(=O)C2CCCCC2(C)C)cc1Cl. The minimum atomic E-state index is 0.0118. The zero-order chi connectivity index (χ0) is 15.6. The molecule has 0 bridgehead atoms. The van der Waals surface area contributed by atoms with Crippen molar-refractivity contribution in [2.75, 3.05) is 6.61 Å². The van der Waals surface area contributed by atoms with E-state index >= 15 is 0 Å². The van der Waals surface area contributed by atoms with E-state index in [1.165, 1.54) is 6.42 Å². The Balaban J connectivity index is 2.33. The van der Waals surface area contributed by atoms with Crippen molar-refractivity contribution >= 4 is 29.0 Å². The number of carbonyl (C=O) groups excluding carboxylic acids is 1. The van der Waals surface area contributed by atoms with Crippen molar-refractivity contribution in [2.45, 2.75) is 46.5 Å². The molecule has 1 atom stereocenters. The number of ketones is 1. The van der Waals surface area contributed by atoms with Gasteiger partial charge in [-0.3, -0.25) is 4.79 Å². The Morgan fingerprint density at radius 2 is 2.00 bits per heavy atom. The van der Waals surface area contributed by atoms with Gasteiger partial charge < -0.3 is 4.74 Å². The van der Waals surface area contributed by atoms with Crippen LogP contribution >= 0.6 is 23.2 Å². The van der Waals surface area contributed by atoms with Crippen LogP contribution in [0.15, 0.2) is 12.1 Å². The van der Waals surface area contributed by atoms with Crippen LogP contribution in [0.3, 0.4) is 0 Å². The van der Waals surface area contributed by atoms with E-state index in [9.17, 15) is 4.79 Å². The summed E-state index contributed by atoms with van der Waals surface area (Å²) in [7, 11) is 0. The molecule has 116 valence electrons. The molecule has 1 aromatic carbocycles. The Morgan fingerprint density at radius 3 is 2.62 bits per heavy atom. The molecule has 0 N–H and O–H groups in total. The molecular weight excluding hydrogens is 307 g/mol. The van der Waals surface area contributed by atoms with Crippen LogP contribution in [-0.4, -0.2) is 12.4 Å². The van der Waals surface area contributed by atoms with Crippen molar-refractivity contribution in [3.8, 4) is 5.75 Å². The van der Waals surface area contributed by atoms with E-state index in [0.29, 0.717) is 28.0 Å². The minimum Gasteiger partial charge on any atom is -0.492 e. The summed E-state index contributed by atoms with van der Waals surface area (Å²) in [5.41, 5.74) is 0.536. The molecular formula is C17H22Cl2O2. The molecule has 4 heteroatoms. The van der Waals surface area contributed by atoms with Gasteiger partial charge in [-0.1, -0.05) is 49.9 Å². The van der Waals surface area contributed by atoms with Crippen LogP contribution in [0.25, 0.3) is 0 Å². The Kier molecular flexibility index (Phi) is 5.21. The van der Waals surface area contributed by atoms with E-state index < -0.39 is 0 Å². The molecule has 1 unspecified atom stereocenters. The molecule has 0 saturated heterocycles. The van der Waals surface area contributed by atoms with E-state index in [0.717, 1.165) is 19.3 Å². The van der Waals surface area contributed by atoms with Crippen LogP contribution < -0.4 is 4.74 Å². The summed E-state index contributed by atoms with van der Waals surface area (Å²) < 4.78 is 5.41. The van der Waals surface area contributed by atoms with Crippen molar-refractivity contribution in [3.63, 3.8) is 0 Å². The fourth-order valence-corrected chi connectivity index (χ4v) is 3.62. The molecule has 1 fully saturated rings. The lowest BCUT2D eigenvalue weighted by Crippen LogP contribution is -2.34. The number of ether oxygens (including phenoxy) is 1. The molecule has 0 amide bonds. The first-order valence-corrected chi connectivity index (χ1v) is 8.28. The van der Waals surface area contributed by atoms with Crippen LogP contribution in [0.5, 0.6) is 5.75 Å². The number of benzene rings is 1. The Bertz CT molecular complexity index is 538. The molecule has 1 saturated carbocycles. The van der Waals surface area contributed by atoms with Crippen molar-refractivity contribution < 1.29 is 9.53 Å². The summed E-state index contributed by atoms with van der Waals surface area (Å²) in [6, 6.07) is 3.30. The Labute approximate surface area is 136 Å². The van der Waals surface area contributed by atoms with Gasteiger partial charge in [-0.25, -0.2) is 0 Å². The van der Waals surface area contributed by atoms with Crippen molar-refractivity contribution in [1.82, 2.24) is 0 Å². The summed E-state index contributed by atoms with van der Waals surface area (Å²) in [6.07, 6.45) is 4.29. The zero-order valence-corrected chi connectivity index (χ0v) is 14.4. The maximum Gasteiger partial charge on any atom is 0.168 e. The Hall–Kier alpha value is -0.730. The lowest BCUT2D eigenvalue weighted by molar-refractivity contribution is 0.0697. The second-order valence-corrected chi connectivity index (χ2v) is 7.16. The first kappa shape index (κ1) is 16.6. The normalized spacial score (nSPS) is 21.1. The highest BCUT2D eigenvalue weighted by Gasteiger charge is 2.38. The lowest BCUT2D eigenvalue weighted by atomic mass is 9.66. The first-order valence-electron chi connectivity index (χ1n) is 7.53. The van der Waals surface area contributed by atoms with Gasteiger partial charge >= 0.3 is 0 Å². The fraction of sp³-hybridized carbons (Fsp3) is 0.588. The Morgan fingerprint density at radius 1 is 1.29 bits per heavy atom. The van der Waals surface area contributed by atoms with E-state index in [2.05, 4.69) is 13.8 Å². The molecule has 0 heterocycles. The fourth-order valence-electron chi connectivity index (χ4n) is 3.15. The maximum atomic E-state index is 12.9. The van der Waals surface area contributed by atoms with E-state index in [4.69, 9.17) is 27.9 Å². The molecule has 0 spiro atoms. The second kappa shape index (κ2) is 6.58. The topological polar surface area (TPSA) is 26.3 Å². The van der Waals surface area contributed by atoms with Crippen LogP contribution in [-0.2, 0) is 0 Å². The molecule has 21 heavy (non-hydrogen) atoms. The standard InChI is InChI=1S/C17H22Cl2O2/c1-4-21-15-10-13(18)11(9-14(15)19)16(20)12-7-5-6-8-17(12,2)3/h9-10,12H,4-8H2,1-3H3. The van der Waals surface area contributed by atoms with Gasteiger partial charge in [0.25, 0.3) is 0 Å². The zero-order valence-electron chi connectivity index (χ0n) is 12.8. The summed E-state index contributed by atoms with van der Waals surface area (Å²) in [6.45, 7) is 6.73. The third kappa shape index (κ3) is 3.54. The van der Waals surface area contributed by atoms with Crippen molar-refractivity contribution in [3.05, 3.63) is 27.7 Å². The van der Waals surface area contributed by atoms with Gasteiger partial charge in [0.1, 0.15) is 5.75 Å². The van der Waals surface area contributed by atoms with E-state index in [1.54, 1.807) is 12.1 Å². The largest absolute Gasteiger partial charge is 0.492 e. The molecule has 0 aliphatic heterocycles. The average molecular weight is 329 g/mol. The van der Waals surface area contributed by atoms with Gasteiger partial charge in [0.05, 0.1) is 16.7 Å². The average Bonchev–Trinajstić information content (AvgIpc) is 2.41. The molecule has 1 aliphatic rings. The molecule has 2 rings (SSSR count). The van der Waals surface area contributed by atoms with Gasteiger partial charge in [-0.2, -0.15) is 0 Å². The smallest absolute Gasteiger partial charge is 0.168 e. The molecule has 0 radical (unpaired) electrons. The number of halogens is 2. The van der Waals surface area contributed by atoms with Gasteiger partial charge in [0, 0.05) is 17.5 Å². The first-order chi connectivity index (χ1) is 9.86. The second-order valence-electron chi connectivity index (χ2n) is 6.35. The summed E-state index contributed by atoms with van der Waals surface area (Å²) in [4.78, 5) is 12.9. The van der Waals surface area contributed by atoms with Crippen molar-refractivity contribution in [2.24, 2.45) is 11.3 Å². The monoisotopic (exact) mass is 328 g/mol. The van der Waals surface area contributed by atoms with E-state index in [1.807, 2.05) is 6.92 Å². The third-order valence-electron chi connectivity index (χ3n) is 4.41. The van der Waals surface area contributed by atoms with Crippen LogP contribution in [0, 0.1) is 11.3 Å². The van der Waals surface area contributed by atoms with Crippen LogP contribution in [0.4, 0.5) is 0 Å². The van der Waals surface area contributed by atoms with Gasteiger partial charge in [-0.05, 0) is 31.2 Å².